The lowest BCUT2D eigenvalue weighted by atomic mass is 10.0. The first-order valence-electron chi connectivity index (χ1n) is 9.22. The summed E-state index contributed by atoms with van der Waals surface area (Å²) in [6.07, 6.45) is 1.93. The molecule has 2 aromatic rings. The number of nitrogens with zero attached hydrogens (tertiary/aromatic N) is 1. The number of likely N-dealkylation sites (tertiary alicyclic amines) is 1. The minimum atomic E-state index is -0.344. The van der Waals surface area contributed by atoms with Crippen molar-refractivity contribution in [3.63, 3.8) is 0 Å². The number of hydrazine groups is 1. The van der Waals surface area contributed by atoms with Crippen LogP contribution in [0.4, 0.5) is 0 Å². The average Bonchev–Trinajstić information content (AvgIpc) is 3.19. The first-order chi connectivity index (χ1) is 13.6. The molecule has 1 saturated heterocycles. The number of ether oxygens (including phenoxy) is 2. The predicted octanol–water partition coefficient (Wildman–Crippen LogP) is 2.30. The fraction of sp³-hybridized carbons (Fsp3) is 0.333. The van der Waals surface area contributed by atoms with Crippen LogP contribution < -0.4 is 20.3 Å². The van der Waals surface area contributed by atoms with E-state index in [4.69, 9.17) is 9.47 Å². The molecule has 0 aromatic heterocycles. The van der Waals surface area contributed by atoms with Gasteiger partial charge in [0.25, 0.3) is 11.8 Å². The van der Waals surface area contributed by atoms with Gasteiger partial charge in [0.1, 0.15) is 11.5 Å². The molecule has 1 aliphatic rings. The van der Waals surface area contributed by atoms with E-state index in [2.05, 4.69) is 15.8 Å². The summed E-state index contributed by atoms with van der Waals surface area (Å²) in [4.78, 5) is 26.5. The average molecular weight is 383 g/mol. The Hall–Kier alpha value is -3.06. The van der Waals surface area contributed by atoms with Crippen LogP contribution in [-0.4, -0.2) is 44.0 Å². The van der Waals surface area contributed by atoms with Gasteiger partial charge in [0.2, 0.25) is 0 Å². The molecule has 0 aliphatic carbocycles. The highest BCUT2D eigenvalue weighted by atomic mass is 16.5. The number of nitrogens with one attached hydrogen (secondary N) is 2. The lowest BCUT2D eigenvalue weighted by Gasteiger charge is -2.25. The first kappa shape index (κ1) is 19.7. The smallest absolute Gasteiger partial charge is 0.269 e. The largest absolute Gasteiger partial charge is 0.497 e. The van der Waals surface area contributed by atoms with Crippen LogP contribution in [0.5, 0.6) is 11.5 Å². The fourth-order valence-electron chi connectivity index (χ4n) is 3.47. The summed E-state index contributed by atoms with van der Waals surface area (Å²) in [5, 5.41) is 0. The van der Waals surface area contributed by atoms with Gasteiger partial charge in [0.05, 0.1) is 20.8 Å². The molecule has 3 rings (SSSR count). The molecule has 0 unspecified atom stereocenters. The molecule has 2 amide bonds. The molecular formula is C21H25N3O4. The number of carbonyl (C=O) groups is 2. The molecule has 1 atom stereocenters. The Balaban J connectivity index is 1.60. The SMILES string of the molecule is COc1ccc([C@H]2CCCN2CC(=O)NNC(=O)c2ccccc2)c(OC)c1. The van der Waals surface area contributed by atoms with E-state index in [9.17, 15) is 9.59 Å². The Morgan fingerprint density at radius 3 is 2.57 bits per heavy atom. The normalized spacial score (nSPS) is 16.4. The van der Waals surface area contributed by atoms with E-state index >= 15 is 0 Å². The van der Waals surface area contributed by atoms with Gasteiger partial charge >= 0.3 is 0 Å². The molecule has 1 heterocycles. The van der Waals surface area contributed by atoms with Crippen LogP contribution in [0.2, 0.25) is 0 Å². The summed E-state index contributed by atoms with van der Waals surface area (Å²) in [5.74, 6) is 0.868. The van der Waals surface area contributed by atoms with E-state index in [0.29, 0.717) is 5.56 Å². The third-order valence-electron chi connectivity index (χ3n) is 4.86. The second kappa shape index (κ2) is 9.23. The van der Waals surface area contributed by atoms with Crippen LogP contribution in [0.15, 0.2) is 48.5 Å². The van der Waals surface area contributed by atoms with Gasteiger partial charge in [0.15, 0.2) is 0 Å². The predicted molar refractivity (Wildman–Crippen MR) is 105 cm³/mol. The third-order valence-corrected chi connectivity index (χ3v) is 4.86. The van der Waals surface area contributed by atoms with Gasteiger partial charge in [-0.25, -0.2) is 0 Å². The van der Waals surface area contributed by atoms with Crippen LogP contribution in [0.1, 0.15) is 34.8 Å². The van der Waals surface area contributed by atoms with Crippen molar-refractivity contribution in [3.05, 3.63) is 59.7 Å². The van der Waals surface area contributed by atoms with Crippen molar-refractivity contribution in [1.29, 1.82) is 0 Å². The Labute approximate surface area is 164 Å². The van der Waals surface area contributed by atoms with Crippen molar-refractivity contribution < 1.29 is 19.1 Å². The maximum atomic E-state index is 12.3. The fourth-order valence-corrected chi connectivity index (χ4v) is 3.47. The number of carbonyl (C=O) groups excluding carboxylic acids is 2. The lowest BCUT2D eigenvalue weighted by molar-refractivity contribution is -0.123. The molecule has 1 fully saturated rings. The number of rotatable bonds is 6. The number of amides is 2. The summed E-state index contributed by atoms with van der Waals surface area (Å²) in [7, 11) is 3.24. The Morgan fingerprint density at radius 2 is 1.86 bits per heavy atom. The summed E-state index contributed by atoms with van der Waals surface area (Å²) in [6.45, 7) is 0.995. The van der Waals surface area contributed by atoms with E-state index in [0.717, 1.165) is 36.4 Å². The molecule has 2 N–H and O–H groups in total. The van der Waals surface area contributed by atoms with Gasteiger partial charge < -0.3 is 9.47 Å². The van der Waals surface area contributed by atoms with Crippen molar-refractivity contribution in [3.8, 4) is 11.5 Å². The molecule has 0 spiro atoms. The van der Waals surface area contributed by atoms with Gasteiger partial charge in [-0.2, -0.15) is 0 Å². The van der Waals surface area contributed by atoms with Gasteiger partial charge in [0, 0.05) is 23.2 Å². The Kier molecular flexibility index (Phi) is 6.49. The van der Waals surface area contributed by atoms with Crippen LogP contribution in [0.3, 0.4) is 0 Å². The minimum absolute atomic E-state index is 0.0800. The standard InChI is InChI=1S/C21H25N3O4/c1-27-16-10-11-17(19(13-16)28-2)18-9-6-12-24(18)14-20(25)22-23-21(26)15-7-4-3-5-8-15/h3-5,7-8,10-11,13,18H,6,9,12,14H2,1-2H3,(H,22,25)(H,23,26)/t18-/m1/s1. The van der Waals surface area contributed by atoms with Gasteiger partial charge in [-0.3, -0.25) is 25.3 Å². The highest BCUT2D eigenvalue weighted by Gasteiger charge is 2.30. The quantitative estimate of drug-likeness (QED) is 0.749. The maximum Gasteiger partial charge on any atom is 0.269 e. The summed E-state index contributed by atoms with van der Waals surface area (Å²) in [6, 6.07) is 14.6. The van der Waals surface area contributed by atoms with Gasteiger partial charge in [-0.15, -0.1) is 0 Å². The van der Waals surface area contributed by atoms with Crippen molar-refractivity contribution >= 4 is 11.8 Å². The Bertz CT molecular complexity index is 826. The number of benzene rings is 2. The molecule has 28 heavy (non-hydrogen) atoms. The number of hydrogen-bond donors (Lipinski definition) is 2. The molecule has 2 aromatic carbocycles. The van der Waals surface area contributed by atoms with E-state index in [1.54, 1.807) is 38.5 Å². The lowest BCUT2D eigenvalue weighted by Crippen LogP contribution is -2.46. The van der Waals surface area contributed by atoms with Crippen LogP contribution in [0, 0.1) is 0 Å². The van der Waals surface area contributed by atoms with E-state index < -0.39 is 0 Å². The highest BCUT2D eigenvalue weighted by molar-refractivity contribution is 5.95. The second-order valence-electron chi connectivity index (χ2n) is 6.60. The van der Waals surface area contributed by atoms with Crippen molar-refractivity contribution in [2.24, 2.45) is 0 Å². The molecule has 0 radical (unpaired) electrons. The van der Waals surface area contributed by atoms with Crippen molar-refractivity contribution in [2.75, 3.05) is 27.3 Å². The monoisotopic (exact) mass is 383 g/mol. The molecule has 7 nitrogen and oxygen atoms in total. The van der Waals surface area contributed by atoms with E-state index in [-0.39, 0.29) is 24.4 Å². The zero-order chi connectivity index (χ0) is 19.9. The van der Waals surface area contributed by atoms with Crippen LogP contribution in [0.25, 0.3) is 0 Å². The summed E-state index contributed by atoms with van der Waals surface area (Å²) >= 11 is 0. The van der Waals surface area contributed by atoms with E-state index in [1.807, 2.05) is 24.3 Å². The minimum Gasteiger partial charge on any atom is -0.497 e. The molecule has 7 heteroatoms. The van der Waals surface area contributed by atoms with Gasteiger partial charge in [-0.1, -0.05) is 24.3 Å². The highest BCUT2D eigenvalue weighted by Crippen LogP contribution is 2.38. The second-order valence-corrected chi connectivity index (χ2v) is 6.60. The molecule has 1 aliphatic heterocycles. The Morgan fingerprint density at radius 1 is 1.07 bits per heavy atom. The molecule has 0 bridgehead atoms. The van der Waals surface area contributed by atoms with Gasteiger partial charge in [-0.05, 0) is 37.6 Å². The number of methoxy groups -OCH3 is 2. The number of hydrogen-bond acceptors (Lipinski definition) is 5. The van der Waals surface area contributed by atoms with Crippen LogP contribution >= 0.6 is 0 Å². The zero-order valence-corrected chi connectivity index (χ0v) is 16.1. The maximum absolute atomic E-state index is 12.3. The zero-order valence-electron chi connectivity index (χ0n) is 16.1. The van der Waals surface area contributed by atoms with E-state index in [1.165, 1.54) is 0 Å². The third kappa shape index (κ3) is 4.61. The topological polar surface area (TPSA) is 79.9 Å². The molecule has 0 saturated carbocycles. The summed E-state index contributed by atoms with van der Waals surface area (Å²) in [5.41, 5.74) is 6.47. The molecule has 148 valence electrons. The molecular weight excluding hydrogens is 358 g/mol. The van der Waals surface area contributed by atoms with Crippen LogP contribution in [-0.2, 0) is 4.79 Å². The summed E-state index contributed by atoms with van der Waals surface area (Å²) < 4.78 is 10.8. The first-order valence-corrected chi connectivity index (χ1v) is 9.22. The van der Waals surface area contributed by atoms with Crippen molar-refractivity contribution in [2.45, 2.75) is 18.9 Å². The van der Waals surface area contributed by atoms with Crippen molar-refractivity contribution in [1.82, 2.24) is 15.8 Å².